The van der Waals surface area contributed by atoms with E-state index in [9.17, 15) is 9.90 Å². The van der Waals surface area contributed by atoms with Crippen LogP contribution in [0.3, 0.4) is 0 Å². The summed E-state index contributed by atoms with van der Waals surface area (Å²) >= 11 is 1.39. The first kappa shape index (κ1) is 22.5. The first-order chi connectivity index (χ1) is 14.4. The molecule has 3 rings (SSSR count). The lowest BCUT2D eigenvalue weighted by molar-refractivity contribution is -0.136. The molecule has 0 spiro atoms. The molecule has 0 radical (unpaired) electrons. The van der Waals surface area contributed by atoms with Crippen LogP contribution in [0.15, 0.2) is 17.5 Å². The van der Waals surface area contributed by atoms with Crippen LogP contribution in [-0.4, -0.2) is 47.6 Å². The van der Waals surface area contributed by atoms with Crippen LogP contribution >= 0.6 is 11.3 Å². The van der Waals surface area contributed by atoms with Crippen molar-refractivity contribution in [2.45, 2.75) is 63.8 Å². The fraction of sp³-hybridized carbons (Fsp3) is 0.545. The summed E-state index contributed by atoms with van der Waals surface area (Å²) in [4.78, 5) is 15.4. The van der Waals surface area contributed by atoms with Gasteiger partial charge in [0.2, 0.25) is 0 Å². The van der Waals surface area contributed by atoms with Crippen LogP contribution < -0.4 is 9.47 Å². The normalized spacial score (nSPS) is 16.4. The number of rotatable bonds is 10. The number of nitrogens with zero attached hydrogens (tertiary/aromatic N) is 1. The smallest absolute Gasteiger partial charge is 0.309 e. The van der Waals surface area contributed by atoms with E-state index in [1.165, 1.54) is 11.3 Å². The summed E-state index contributed by atoms with van der Waals surface area (Å²) in [5.74, 6) is 0.367. The Morgan fingerprint density at radius 1 is 1.23 bits per heavy atom. The third kappa shape index (κ3) is 5.50. The largest absolute Gasteiger partial charge is 0.496 e. The van der Waals surface area contributed by atoms with Gasteiger partial charge < -0.3 is 24.4 Å². The van der Waals surface area contributed by atoms with Crippen LogP contribution in [0.5, 0.6) is 11.5 Å². The molecule has 8 heteroatoms. The number of aliphatic hydroxyl groups is 1. The molecule has 0 amide bonds. The number of hydrogen-bond acceptors (Lipinski definition) is 7. The maximum absolute atomic E-state index is 11.2. The molecule has 2 unspecified atom stereocenters. The first-order valence-electron chi connectivity index (χ1n) is 10.1. The summed E-state index contributed by atoms with van der Waals surface area (Å²) < 4.78 is 17.2. The van der Waals surface area contributed by atoms with Gasteiger partial charge in [-0.25, -0.2) is 4.98 Å². The van der Waals surface area contributed by atoms with E-state index >= 15 is 0 Å². The topological polar surface area (TPSA) is 98.1 Å². The van der Waals surface area contributed by atoms with Crippen molar-refractivity contribution in [3.8, 4) is 11.5 Å². The van der Waals surface area contributed by atoms with Gasteiger partial charge in [-0.1, -0.05) is 12.8 Å². The minimum atomic E-state index is -0.913. The molecule has 7 nitrogen and oxygen atoms in total. The monoisotopic (exact) mass is 435 g/mol. The third-order valence-electron chi connectivity index (χ3n) is 5.45. The molecule has 2 N–H and O–H groups in total. The van der Waals surface area contributed by atoms with E-state index < -0.39 is 18.2 Å². The van der Waals surface area contributed by atoms with E-state index in [1.807, 2.05) is 19.1 Å². The molecule has 2 aromatic rings. The van der Waals surface area contributed by atoms with E-state index in [2.05, 4.69) is 4.98 Å². The average Bonchev–Trinajstić information content (AvgIpc) is 3.39. The van der Waals surface area contributed by atoms with Gasteiger partial charge in [-0.15, -0.1) is 11.3 Å². The molecule has 164 valence electrons. The highest BCUT2D eigenvalue weighted by Crippen LogP contribution is 2.35. The zero-order chi connectivity index (χ0) is 21.7. The summed E-state index contributed by atoms with van der Waals surface area (Å²) in [7, 11) is 3.17. The predicted octanol–water partition coefficient (Wildman–Crippen LogP) is 3.70. The number of aromatic nitrogens is 1. The molecule has 1 fully saturated rings. The summed E-state index contributed by atoms with van der Waals surface area (Å²) in [5, 5.41) is 22.7. The summed E-state index contributed by atoms with van der Waals surface area (Å²) in [6, 6.07) is 3.62. The number of aliphatic hydroxyl groups excluding tert-OH is 1. The molecule has 1 heterocycles. The Bertz CT molecular complexity index is 836. The third-order valence-corrected chi connectivity index (χ3v) is 6.37. The van der Waals surface area contributed by atoms with Crippen LogP contribution in [-0.2, 0) is 22.4 Å². The standard InChI is InChI=1S/C22H29NO6S/c1-13-17(27-2)8-14(9-18(13)28-3)22(26)19(29-16-6-4-5-7-16)11-20-23-15(12-30-20)10-21(24)25/h8-9,12,16,19,22,26H,4-7,10-11H2,1-3H3,(H,24,25). The number of benzene rings is 1. The second kappa shape index (κ2) is 10.2. The second-order valence-electron chi connectivity index (χ2n) is 7.58. The van der Waals surface area contributed by atoms with Crippen LogP contribution in [0.2, 0.25) is 0 Å². The second-order valence-corrected chi connectivity index (χ2v) is 8.53. The van der Waals surface area contributed by atoms with Gasteiger partial charge in [-0.3, -0.25) is 4.79 Å². The van der Waals surface area contributed by atoms with E-state index in [0.717, 1.165) is 36.3 Å². The number of carbonyl (C=O) groups is 1. The van der Waals surface area contributed by atoms with Gasteiger partial charge in [0, 0.05) is 17.4 Å². The van der Waals surface area contributed by atoms with Crippen molar-refractivity contribution >= 4 is 17.3 Å². The van der Waals surface area contributed by atoms with Gasteiger partial charge in [0.1, 0.15) is 17.6 Å². The van der Waals surface area contributed by atoms with Gasteiger partial charge >= 0.3 is 5.97 Å². The van der Waals surface area contributed by atoms with Crippen LogP contribution in [0.4, 0.5) is 0 Å². The Balaban J connectivity index is 1.85. The van der Waals surface area contributed by atoms with Gasteiger partial charge in [-0.05, 0) is 37.5 Å². The van der Waals surface area contributed by atoms with E-state index in [0.29, 0.717) is 29.2 Å². The molecule has 0 saturated heterocycles. The highest BCUT2D eigenvalue weighted by Gasteiger charge is 2.29. The highest BCUT2D eigenvalue weighted by atomic mass is 32.1. The molecule has 30 heavy (non-hydrogen) atoms. The van der Waals surface area contributed by atoms with Crippen molar-refractivity contribution in [3.05, 3.63) is 39.3 Å². The van der Waals surface area contributed by atoms with E-state index in [4.69, 9.17) is 19.3 Å². The molecular weight excluding hydrogens is 406 g/mol. The number of hydrogen-bond donors (Lipinski definition) is 2. The molecule has 0 bridgehead atoms. The number of carboxylic acid groups (broad SMARTS) is 1. The fourth-order valence-corrected chi connectivity index (χ4v) is 4.69. The van der Waals surface area contributed by atoms with Crippen molar-refractivity contribution in [2.24, 2.45) is 0 Å². The number of ether oxygens (including phenoxy) is 3. The minimum Gasteiger partial charge on any atom is -0.496 e. The molecular formula is C22H29NO6S. The summed E-state index contributed by atoms with van der Waals surface area (Å²) in [5.41, 5.74) is 2.04. The SMILES string of the molecule is COc1cc(C(O)C(Cc2nc(CC(=O)O)cs2)OC2CCCC2)cc(OC)c1C. The number of thiazole rings is 1. The van der Waals surface area contributed by atoms with Crippen LogP contribution in [0, 0.1) is 6.92 Å². The van der Waals surface area contributed by atoms with Gasteiger partial charge in [0.25, 0.3) is 0 Å². The molecule has 1 aromatic heterocycles. The molecule has 1 aromatic carbocycles. The fourth-order valence-electron chi connectivity index (χ4n) is 3.85. The Labute approximate surface area is 180 Å². The minimum absolute atomic E-state index is 0.109. The van der Waals surface area contributed by atoms with Gasteiger partial charge in [0.15, 0.2) is 0 Å². The summed E-state index contributed by atoms with van der Waals surface area (Å²) in [6.07, 6.45) is 3.20. The number of aliphatic carboxylic acids is 1. The van der Waals surface area contributed by atoms with Crippen LogP contribution in [0.25, 0.3) is 0 Å². The van der Waals surface area contributed by atoms with Crippen molar-refractivity contribution < 1.29 is 29.2 Å². The lowest BCUT2D eigenvalue weighted by Gasteiger charge is -2.27. The molecule has 1 aliphatic carbocycles. The van der Waals surface area contributed by atoms with Gasteiger partial charge in [0.05, 0.1) is 43.5 Å². The Kier molecular flexibility index (Phi) is 7.69. The summed E-state index contributed by atoms with van der Waals surface area (Å²) in [6.45, 7) is 1.90. The lowest BCUT2D eigenvalue weighted by Crippen LogP contribution is -2.29. The molecule has 1 aliphatic rings. The van der Waals surface area contributed by atoms with Crippen molar-refractivity contribution in [3.63, 3.8) is 0 Å². The molecule has 0 aliphatic heterocycles. The maximum atomic E-state index is 11.2. The van der Waals surface area contributed by atoms with Gasteiger partial charge in [-0.2, -0.15) is 0 Å². The lowest BCUT2D eigenvalue weighted by atomic mass is 9.99. The van der Waals surface area contributed by atoms with Crippen molar-refractivity contribution in [2.75, 3.05) is 14.2 Å². The maximum Gasteiger partial charge on any atom is 0.309 e. The zero-order valence-corrected chi connectivity index (χ0v) is 18.4. The molecule has 2 atom stereocenters. The Morgan fingerprint density at radius 3 is 2.43 bits per heavy atom. The van der Waals surface area contributed by atoms with Crippen molar-refractivity contribution in [1.29, 1.82) is 0 Å². The zero-order valence-electron chi connectivity index (χ0n) is 17.6. The van der Waals surface area contributed by atoms with Crippen LogP contribution in [0.1, 0.15) is 53.6 Å². The molecule has 1 saturated carbocycles. The quantitative estimate of drug-likeness (QED) is 0.587. The van der Waals surface area contributed by atoms with Crippen molar-refractivity contribution in [1.82, 2.24) is 4.98 Å². The Morgan fingerprint density at radius 2 is 1.87 bits per heavy atom. The predicted molar refractivity (Wildman–Crippen MR) is 114 cm³/mol. The van der Waals surface area contributed by atoms with E-state index in [1.54, 1.807) is 19.6 Å². The Hall–Kier alpha value is -2.16. The number of carboxylic acids is 1. The highest BCUT2D eigenvalue weighted by molar-refractivity contribution is 7.09. The number of methoxy groups -OCH3 is 2. The average molecular weight is 436 g/mol. The van der Waals surface area contributed by atoms with E-state index in [-0.39, 0.29) is 12.5 Å². The first-order valence-corrected chi connectivity index (χ1v) is 11.0.